The average molecular weight is 457 g/mol. The van der Waals surface area contributed by atoms with Crippen LogP contribution in [0.15, 0.2) is 66.7 Å². The molecule has 8 nitrogen and oxygen atoms in total. The summed E-state index contributed by atoms with van der Waals surface area (Å²) in [4.78, 5) is 42.0. The van der Waals surface area contributed by atoms with Crippen molar-refractivity contribution >= 4 is 23.8 Å². The first-order valence-electron chi connectivity index (χ1n) is 11.0. The Morgan fingerprint density at radius 3 is 2.24 bits per heavy atom. The van der Waals surface area contributed by atoms with E-state index in [4.69, 9.17) is 4.74 Å². The number of pyridine rings is 1. The maximum absolute atomic E-state index is 12.6. The molecule has 1 fully saturated rings. The van der Waals surface area contributed by atoms with E-state index in [2.05, 4.69) is 22.4 Å². The number of carbonyl (C=O) groups is 3. The number of aromatic nitrogens is 1. The molecule has 2 heterocycles. The number of ether oxygens (including phenoxy) is 1. The zero-order chi connectivity index (χ0) is 23.9. The largest absolute Gasteiger partial charge is 0.481 e. The Hall–Kier alpha value is -4.20. The SMILES string of the molecule is CC1(C(=O)O)CN(C(=O)c2cccc(NC(=O)OCC3c4ccccc4-c4ccccc43)n2)C1. The molecule has 2 aromatic carbocycles. The van der Waals surface area contributed by atoms with Gasteiger partial charge in [0.25, 0.3) is 5.91 Å². The van der Waals surface area contributed by atoms with Gasteiger partial charge in [-0.1, -0.05) is 54.6 Å². The summed E-state index contributed by atoms with van der Waals surface area (Å²) < 4.78 is 5.53. The van der Waals surface area contributed by atoms with E-state index in [-0.39, 0.29) is 43.0 Å². The number of nitrogens with zero attached hydrogens (tertiary/aromatic N) is 2. The van der Waals surface area contributed by atoms with Crippen molar-refractivity contribution in [3.63, 3.8) is 0 Å². The molecule has 172 valence electrons. The zero-order valence-corrected chi connectivity index (χ0v) is 18.5. The number of fused-ring (bicyclic) bond motifs is 3. The highest BCUT2D eigenvalue weighted by molar-refractivity contribution is 5.95. The van der Waals surface area contributed by atoms with Gasteiger partial charge in [-0.3, -0.25) is 14.9 Å². The van der Waals surface area contributed by atoms with Gasteiger partial charge in [0.2, 0.25) is 0 Å². The van der Waals surface area contributed by atoms with Crippen LogP contribution in [-0.4, -0.2) is 52.7 Å². The van der Waals surface area contributed by atoms with Crippen LogP contribution in [0.2, 0.25) is 0 Å². The minimum Gasteiger partial charge on any atom is -0.481 e. The van der Waals surface area contributed by atoms with Crippen molar-refractivity contribution in [2.75, 3.05) is 25.0 Å². The van der Waals surface area contributed by atoms with Gasteiger partial charge in [0, 0.05) is 19.0 Å². The topological polar surface area (TPSA) is 109 Å². The molecule has 0 unspecified atom stereocenters. The predicted octanol–water partition coefficient (Wildman–Crippen LogP) is 3.99. The number of hydrogen-bond acceptors (Lipinski definition) is 5. The monoisotopic (exact) mass is 457 g/mol. The lowest BCUT2D eigenvalue weighted by molar-refractivity contribution is -0.155. The van der Waals surface area contributed by atoms with Crippen molar-refractivity contribution in [1.82, 2.24) is 9.88 Å². The molecule has 1 aliphatic heterocycles. The van der Waals surface area contributed by atoms with Crippen molar-refractivity contribution in [1.29, 1.82) is 0 Å². The van der Waals surface area contributed by atoms with Crippen LogP contribution in [0.25, 0.3) is 11.1 Å². The highest BCUT2D eigenvalue weighted by atomic mass is 16.5. The number of nitrogens with one attached hydrogen (secondary N) is 1. The molecule has 1 saturated heterocycles. The van der Waals surface area contributed by atoms with E-state index in [0.29, 0.717) is 0 Å². The molecule has 0 saturated carbocycles. The maximum atomic E-state index is 12.6. The Kier molecular flexibility index (Phi) is 5.28. The van der Waals surface area contributed by atoms with Crippen LogP contribution >= 0.6 is 0 Å². The number of benzene rings is 2. The number of carbonyl (C=O) groups excluding carboxylic acids is 2. The maximum Gasteiger partial charge on any atom is 0.412 e. The average Bonchev–Trinajstić information content (AvgIpc) is 3.14. The van der Waals surface area contributed by atoms with E-state index in [1.807, 2.05) is 36.4 Å². The fourth-order valence-corrected chi connectivity index (χ4v) is 4.60. The molecule has 0 spiro atoms. The normalized spacial score (nSPS) is 15.6. The van der Waals surface area contributed by atoms with Gasteiger partial charge < -0.3 is 14.7 Å². The summed E-state index contributed by atoms with van der Waals surface area (Å²) in [6, 6.07) is 20.9. The molecule has 2 aliphatic rings. The van der Waals surface area contributed by atoms with Crippen molar-refractivity contribution in [3.05, 3.63) is 83.6 Å². The Bertz CT molecular complexity index is 1250. The summed E-state index contributed by atoms with van der Waals surface area (Å²) in [5.74, 6) is -1.19. The smallest absolute Gasteiger partial charge is 0.412 e. The summed E-state index contributed by atoms with van der Waals surface area (Å²) >= 11 is 0. The zero-order valence-electron chi connectivity index (χ0n) is 18.5. The summed E-state index contributed by atoms with van der Waals surface area (Å²) in [6.45, 7) is 2.00. The van der Waals surface area contributed by atoms with Gasteiger partial charge in [0.15, 0.2) is 0 Å². The number of rotatable bonds is 5. The molecule has 1 aliphatic carbocycles. The second-order valence-electron chi connectivity index (χ2n) is 8.89. The van der Waals surface area contributed by atoms with E-state index in [1.165, 1.54) is 11.0 Å². The standard InChI is InChI=1S/C26H23N3O5/c1-26(24(31)32)14-29(15-26)23(30)21-11-6-12-22(27-21)28-25(33)34-13-20-18-9-4-2-7-16(18)17-8-3-5-10-19(17)20/h2-12,20H,13-15H2,1H3,(H,31,32)(H,27,28,33). The summed E-state index contributed by atoms with van der Waals surface area (Å²) in [5.41, 5.74) is 3.71. The number of hydrogen-bond donors (Lipinski definition) is 2. The van der Waals surface area contributed by atoms with E-state index in [0.717, 1.165) is 22.3 Å². The molecule has 2 N–H and O–H groups in total. The molecule has 0 bridgehead atoms. The van der Waals surface area contributed by atoms with Crippen LogP contribution in [0.1, 0.15) is 34.5 Å². The second kappa shape index (κ2) is 8.30. The number of aliphatic carboxylic acids is 1. The Labute approximate surface area is 196 Å². The Morgan fingerprint density at radius 1 is 1.00 bits per heavy atom. The summed E-state index contributed by atoms with van der Waals surface area (Å²) in [7, 11) is 0. The highest BCUT2D eigenvalue weighted by Gasteiger charge is 2.47. The summed E-state index contributed by atoms with van der Waals surface area (Å²) in [5, 5.41) is 11.8. The van der Waals surface area contributed by atoms with Crippen molar-refractivity contribution < 1.29 is 24.2 Å². The second-order valence-corrected chi connectivity index (χ2v) is 8.89. The molecule has 3 aromatic rings. The lowest BCUT2D eigenvalue weighted by atomic mass is 9.82. The van der Waals surface area contributed by atoms with Gasteiger partial charge in [-0.15, -0.1) is 0 Å². The van der Waals surface area contributed by atoms with Crippen LogP contribution in [-0.2, 0) is 9.53 Å². The van der Waals surface area contributed by atoms with E-state index < -0.39 is 17.5 Å². The van der Waals surface area contributed by atoms with Gasteiger partial charge >= 0.3 is 12.1 Å². The highest BCUT2D eigenvalue weighted by Crippen LogP contribution is 2.44. The number of likely N-dealkylation sites (tertiary alicyclic amines) is 1. The lowest BCUT2D eigenvalue weighted by Crippen LogP contribution is -2.60. The quantitative estimate of drug-likeness (QED) is 0.600. The molecule has 34 heavy (non-hydrogen) atoms. The molecular formula is C26H23N3O5. The lowest BCUT2D eigenvalue weighted by Gasteiger charge is -2.44. The van der Waals surface area contributed by atoms with Gasteiger partial charge in [-0.2, -0.15) is 0 Å². The minimum absolute atomic E-state index is 0.0611. The van der Waals surface area contributed by atoms with Crippen LogP contribution in [0.5, 0.6) is 0 Å². The van der Waals surface area contributed by atoms with E-state index >= 15 is 0 Å². The van der Waals surface area contributed by atoms with Gasteiger partial charge in [-0.25, -0.2) is 9.78 Å². The first kappa shape index (κ1) is 21.6. The van der Waals surface area contributed by atoms with Crippen molar-refractivity contribution in [2.24, 2.45) is 5.41 Å². The first-order valence-corrected chi connectivity index (χ1v) is 11.0. The number of amides is 2. The van der Waals surface area contributed by atoms with Crippen LogP contribution in [0.4, 0.5) is 10.6 Å². The minimum atomic E-state index is -0.938. The molecular weight excluding hydrogens is 434 g/mol. The predicted molar refractivity (Wildman–Crippen MR) is 125 cm³/mol. The van der Waals surface area contributed by atoms with Crippen LogP contribution in [0, 0.1) is 5.41 Å². The van der Waals surface area contributed by atoms with Crippen molar-refractivity contribution in [3.8, 4) is 11.1 Å². The van der Waals surface area contributed by atoms with E-state index in [1.54, 1.807) is 19.1 Å². The first-order chi connectivity index (χ1) is 16.4. The number of carboxylic acids is 1. The third-order valence-corrected chi connectivity index (χ3v) is 6.43. The van der Waals surface area contributed by atoms with Gasteiger partial charge in [-0.05, 0) is 41.3 Å². The third kappa shape index (κ3) is 3.77. The molecule has 5 rings (SSSR count). The van der Waals surface area contributed by atoms with E-state index in [9.17, 15) is 19.5 Å². The summed E-state index contributed by atoms with van der Waals surface area (Å²) in [6.07, 6.45) is -0.665. The fraction of sp³-hybridized carbons (Fsp3) is 0.231. The number of carboxylic acid groups (broad SMARTS) is 1. The molecule has 0 radical (unpaired) electrons. The Balaban J connectivity index is 1.23. The van der Waals surface area contributed by atoms with Gasteiger partial charge in [0.1, 0.15) is 23.5 Å². The number of anilines is 1. The third-order valence-electron chi connectivity index (χ3n) is 6.43. The molecule has 1 aromatic heterocycles. The Morgan fingerprint density at radius 2 is 1.62 bits per heavy atom. The molecule has 8 heteroatoms. The van der Waals surface area contributed by atoms with Crippen LogP contribution in [0.3, 0.4) is 0 Å². The molecule has 2 amide bonds. The van der Waals surface area contributed by atoms with Gasteiger partial charge in [0.05, 0.1) is 0 Å². The fourth-order valence-electron chi connectivity index (χ4n) is 4.60. The molecule has 0 atom stereocenters. The van der Waals surface area contributed by atoms with Crippen LogP contribution < -0.4 is 5.32 Å². The van der Waals surface area contributed by atoms with Crippen molar-refractivity contribution in [2.45, 2.75) is 12.8 Å².